The van der Waals surface area contributed by atoms with E-state index in [-0.39, 0.29) is 11.9 Å². The quantitative estimate of drug-likeness (QED) is 0.943. The van der Waals surface area contributed by atoms with Gasteiger partial charge in [-0.25, -0.2) is 9.50 Å². The number of fused-ring (bicyclic) bond motifs is 1. The van der Waals surface area contributed by atoms with Gasteiger partial charge >= 0.3 is 0 Å². The van der Waals surface area contributed by atoms with Crippen LogP contribution in [0.2, 0.25) is 0 Å². The van der Waals surface area contributed by atoms with Gasteiger partial charge in [0.05, 0.1) is 4.47 Å². The molecule has 0 saturated carbocycles. The summed E-state index contributed by atoms with van der Waals surface area (Å²) in [5, 5.41) is 7.07. The van der Waals surface area contributed by atoms with Crippen LogP contribution in [0.25, 0.3) is 5.65 Å². The maximum atomic E-state index is 12.0. The van der Waals surface area contributed by atoms with Crippen LogP contribution in [0, 0.1) is 0 Å². The van der Waals surface area contributed by atoms with Gasteiger partial charge in [0.25, 0.3) is 5.91 Å². The predicted octanol–water partition coefficient (Wildman–Crippen LogP) is 2.02. The Labute approximate surface area is 107 Å². The lowest BCUT2D eigenvalue weighted by Crippen LogP contribution is -2.32. The molecule has 2 rings (SSSR count). The summed E-state index contributed by atoms with van der Waals surface area (Å²) >= 11 is 3.36. The van der Waals surface area contributed by atoms with E-state index in [0.717, 1.165) is 6.42 Å². The van der Waals surface area contributed by atoms with Gasteiger partial charge in [-0.3, -0.25) is 4.79 Å². The van der Waals surface area contributed by atoms with E-state index in [1.165, 1.54) is 0 Å². The second kappa shape index (κ2) is 4.83. The third-order valence-electron chi connectivity index (χ3n) is 2.54. The predicted molar refractivity (Wildman–Crippen MR) is 67.9 cm³/mol. The Morgan fingerprint density at radius 1 is 1.65 bits per heavy atom. The molecule has 17 heavy (non-hydrogen) atoms. The summed E-state index contributed by atoms with van der Waals surface area (Å²) in [5.74, 6) is -0.184. The van der Waals surface area contributed by atoms with Crippen molar-refractivity contribution in [3.05, 3.63) is 28.6 Å². The summed E-state index contributed by atoms with van der Waals surface area (Å²) in [6, 6.07) is 1.90. The van der Waals surface area contributed by atoms with E-state index in [0.29, 0.717) is 15.8 Å². The van der Waals surface area contributed by atoms with Gasteiger partial charge in [0.15, 0.2) is 11.3 Å². The Hall–Kier alpha value is -1.43. The van der Waals surface area contributed by atoms with Crippen LogP contribution in [0.5, 0.6) is 0 Å². The van der Waals surface area contributed by atoms with E-state index in [4.69, 9.17) is 0 Å². The van der Waals surface area contributed by atoms with Crippen molar-refractivity contribution in [2.24, 2.45) is 0 Å². The van der Waals surface area contributed by atoms with E-state index < -0.39 is 0 Å². The first-order chi connectivity index (χ1) is 8.13. The summed E-state index contributed by atoms with van der Waals surface area (Å²) in [6.07, 6.45) is 4.31. The van der Waals surface area contributed by atoms with E-state index >= 15 is 0 Å². The summed E-state index contributed by atoms with van der Waals surface area (Å²) in [4.78, 5) is 16.1. The average Bonchev–Trinajstić information content (AvgIpc) is 2.67. The highest BCUT2D eigenvalue weighted by Crippen LogP contribution is 2.20. The highest BCUT2D eigenvalue weighted by atomic mass is 79.9. The third-order valence-corrected chi connectivity index (χ3v) is 3.27. The van der Waals surface area contributed by atoms with E-state index in [1.807, 2.05) is 13.8 Å². The Morgan fingerprint density at radius 3 is 3.06 bits per heavy atom. The molecule has 2 aromatic heterocycles. The van der Waals surface area contributed by atoms with Crippen molar-refractivity contribution in [3.63, 3.8) is 0 Å². The van der Waals surface area contributed by atoms with Crippen LogP contribution in [-0.4, -0.2) is 26.5 Å². The third kappa shape index (κ3) is 2.31. The number of halogens is 1. The number of carbonyl (C=O) groups is 1. The minimum Gasteiger partial charge on any atom is -0.348 e. The van der Waals surface area contributed by atoms with Crippen molar-refractivity contribution in [2.75, 3.05) is 0 Å². The van der Waals surface area contributed by atoms with Crippen molar-refractivity contribution < 1.29 is 4.79 Å². The summed E-state index contributed by atoms with van der Waals surface area (Å²) in [5.41, 5.74) is 1.01. The van der Waals surface area contributed by atoms with Crippen LogP contribution < -0.4 is 5.32 Å². The second-order valence-electron chi connectivity index (χ2n) is 3.83. The first-order valence-corrected chi connectivity index (χ1v) is 6.22. The fraction of sp³-hybridized carbons (Fsp3) is 0.364. The first kappa shape index (κ1) is 12.0. The molecule has 0 aromatic carbocycles. The summed E-state index contributed by atoms with van der Waals surface area (Å²) in [6.45, 7) is 3.98. The fourth-order valence-electron chi connectivity index (χ4n) is 1.40. The van der Waals surface area contributed by atoms with Crippen molar-refractivity contribution in [3.8, 4) is 0 Å². The highest BCUT2D eigenvalue weighted by molar-refractivity contribution is 9.10. The zero-order chi connectivity index (χ0) is 12.4. The van der Waals surface area contributed by atoms with Crippen molar-refractivity contribution in [1.29, 1.82) is 0 Å². The number of amides is 1. The maximum Gasteiger partial charge on any atom is 0.273 e. The molecule has 5 nitrogen and oxygen atoms in total. The van der Waals surface area contributed by atoms with Gasteiger partial charge < -0.3 is 5.32 Å². The Kier molecular flexibility index (Phi) is 3.42. The van der Waals surface area contributed by atoms with Crippen molar-refractivity contribution in [1.82, 2.24) is 19.9 Å². The molecule has 1 atom stereocenters. The normalized spacial score (nSPS) is 12.6. The zero-order valence-electron chi connectivity index (χ0n) is 9.64. The number of nitrogens with one attached hydrogen (secondary N) is 1. The lowest BCUT2D eigenvalue weighted by Gasteiger charge is -2.09. The molecule has 0 bridgehead atoms. The van der Waals surface area contributed by atoms with Gasteiger partial charge in [0, 0.05) is 18.4 Å². The van der Waals surface area contributed by atoms with Gasteiger partial charge in [-0.15, -0.1) is 0 Å². The average molecular weight is 297 g/mol. The molecule has 1 unspecified atom stereocenters. The van der Waals surface area contributed by atoms with Gasteiger partial charge in [-0.05, 0) is 35.3 Å². The summed E-state index contributed by atoms with van der Waals surface area (Å²) in [7, 11) is 0. The lowest BCUT2D eigenvalue weighted by molar-refractivity contribution is 0.0933. The molecule has 1 amide bonds. The van der Waals surface area contributed by atoms with Crippen LogP contribution in [0.3, 0.4) is 0 Å². The molecule has 0 spiro atoms. The molecule has 0 aliphatic carbocycles. The highest BCUT2D eigenvalue weighted by Gasteiger charge is 2.18. The molecule has 2 heterocycles. The van der Waals surface area contributed by atoms with Crippen LogP contribution >= 0.6 is 15.9 Å². The molecule has 2 aromatic rings. The first-order valence-electron chi connectivity index (χ1n) is 5.43. The lowest BCUT2D eigenvalue weighted by atomic mass is 10.2. The molecule has 6 heteroatoms. The smallest absolute Gasteiger partial charge is 0.273 e. The van der Waals surface area contributed by atoms with E-state index in [2.05, 4.69) is 31.3 Å². The Bertz CT molecular complexity index is 551. The van der Waals surface area contributed by atoms with E-state index in [9.17, 15) is 4.79 Å². The molecular weight excluding hydrogens is 284 g/mol. The molecule has 0 fully saturated rings. The number of nitrogens with zero attached hydrogens (tertiary/aromatic N) is 3. The molecular formula is C11H13BrN4O. The van der Waals surface area contributed by atoms with Crippen LogP contribution in [0.1, 0.15) is 30.8 Å². The van der Waals surface area contributed by atoms with Crippen LogP contribution in [-0.2, 0) is 0 Å². The monoisotopic (exact) mass is 296 g/mol. The van der Waals surface area contributed by atoms with Crippen LogP contribution in [0.4, 0.5) is 0 Å². The largest absolute Gasteiger partial charge is 0.348 e. The number of hydrogen-bond donors (Lipinski definition) is 1. The molecule has 0 saturated heterocycles. The number of aromatic nitrogens is 3. The van der Waals surface area contributed by atoms with Gasteiger partial charge in [-0.2, -0.15) is 5.10 Å². The molecule has 0 aliphatic rings. The van der Waals surface area contributed by atoms with Crippen molar-refractivity contribution >= 4 is 27.5 Å². The number of carbonyl (C=O) groups excluding carboxylic acids is 1. The number of rotatable bonds is 3. The van der Waals surface area contributed by atoms with Crippen LogP contribution in [0.15, 0.2) is 22.9 Å². The SMILES string of the molecule is CCC(C)NC(=O)c1nn2cccnc2c1Br. The standard InChI is InChI=1S/C11H13BrN4O/c1-3-7(2)14-11(17)9-8(12)10-13-5-4-6-16(10)15-9/h4-7H,3H2,1-2H3,(H,14,17). The topological polar surface area (TPSA) is 59.3 Å². The van der Waals surface area contributed by atoms with Gasteiger partial charge in [0.2, 0.25) is 0 Å². The maximum absolute atomic E-state index is 12.0. The molecule has 90 valence electrons. The Morgan fingerprint density at radius 2 is 2.41 bits per heavy atom. The minimum absolute atomic E-state index is 0.132. The fourth-order valence-corrected chi connectivity index (χ4v) is 1.94. The Balaban J connectivity index is 2.35. The van der Waals surface area contributed by atoms with Gasteiger partial charge in [-0.1, -0.05) is 6.92 Å². The van der Waals surface area contributed by atoms with E-state index in [1.54, 1.807) is 23.0 Å². The minimum atomic E-state index is -0.184. The number of hydrogen-bond acceptors (Lipinski definition) is 3. The summed E-state index contributed by atoms with van der Waals surface area (Å²) < 4.78 is 2.20. The van der Waals surface area contributed by atoms with Crippen molar-refractivity contribution in [2.45, 2.75) is 26.3 Å². The molecule has 0 aliphatic heterocycles. The van der Waals surface area contributed by atoms with Gasteiger partial charge in [0.1, 0.15) is 0 Å². The molecule has 0 radical (unpaired) electrons. The zero-order valence-corrected chi connectivity index (χ0v) is 11.2. The second-order valence-corrected chi connectivity index (χ2v) is 4.63. The molecule has 1 N–H and O–H groups in total.